The number of nitrogens with one attached hydrogen (secondary N) is 2. The van der Waals surface area contributed by atoms with Crippen molar-refractivity contribution in [1.29, 1.82) is 0 Å². The van der Waals surface area contributed by atoms with Crippen molar-refractivity contribution in [3.05, 3.63) is 53.6 Å². The van der Waals surface area contributed by atoms with E-state index in [4.69, 9.17) is 4.74 Å². The van der Waals surface area contributed by atoms with Gasteiger partial charge in [0.25, 0.3) is 0 Å². The highest BCUT2D eigenvalue weighted by molar-refractivity contribution is 5.79. The number of aliphatic imine (C=N–C) groups is 1. The predicted octanol–water partition coefficient (Wildman–Crippen LogP) is 1.24. The van der Waals surface area contributed by atoms with Crippen LogP contribution in [0.25, 0.3) is 0 Å². The Morgan fingerprint density at radius 2 is 2.04 bits per heavy atom. The van der Waals surface area contributed by atoms with E-state index in [0.717, 1.165) is 64.3 Å². The third kappa shape index (κ3) is 6.08. The monoisotopic (exact) mass is 370 g/mol. The van der Waals surface area contributed by atoms with Crippen molar-refractivity contribution in [2.75, 3.05) is 46.4 Å². The van der Waals surface area contributed by atoms with Gasteiger partial charge in [-0.15, -0.1) is 0 Å². The summed E-state index contributed by atoms with van der Waals surface area (Å²) in [6, 6.07) is 8.62. The topological polar surface area (TPSA) is 66.7 Å². The van der Waals surface area contributed by atoms with E-state index in [1.165, 1.54) is 11.1 Å². The Morgan fingerprint density at radius 1 is 1.22 bits per heavy atom. The number of rotatable bonds is 7. The van der Waals surface area contributed by atoms with E-state index in [0.29, 0.717) is 0 Å². The SMILES string of the molecule is CN=C(NCCN1CCOCC1)NCc1cccc(Cn2ccnc2C)c1. The largest absolute Gasteiger partial charge is 0.379 e. The Labute approximate surface area is 161 Å². The molecule has 7 nitrogen and oxygen atoms in total. The standard InChI is InChI=1S/C20H30N6O/c1-17-22-7-9-26(17)16-19-5-3-4-18(14-19)15-24-20(21-2)23-6-8-25-10-12-27-13-11-25/h3-5,7,9,14H,6,8,10-13,15-16H2,1-2H3,(H2,21,23,24). The highest BCUT2D eigenvalue weighted by Gasteiger charge is 2.09. The number of nitrogens with zero attached hydrogens (tertiary/aromatic N) is 4. The lowest BCUT2D eigenvalue weighted by molar-refractivity contribution is 0.0389. The van der Waals surface area contributed by atoms with Crippen molar-refractivity contribution < 1.29 is 4.74 Å². The number of guanidine groups is 1. The molecular weight excluding hydrogens is 340 g/mol. The summed E-state index contributed by atoms with van der Waals surface area (Å²) in [5.74, 6) is 1.86. The van der Waals surface area contributed by atoms with Crippen LogP contribution in [0.5, 0.6) is 0 Å². The second-order valence-corrected chi connectivity index (χ2v) is 6.73. The molecule has 1 fully saturated rings. The molecule has 0 unspecified atom stereocenters. The average Bonchev–Trinajstić information content (AvgIpc) is 3.10. The van der Waals surface area contributed by atoms with Crippen molar-refractivity contribution >= 4 is 5.96 Å². The number of hydrogen-bond donors (Lipinski definition) is 2. The van der Waals surface area contributed by atoms with Crippen LogP contribution in [-0.2, 0) is 17.8 Å². The molecule has 0 aliphatic carbocycles. The molecule has 1 aromatic carbocycles. The number of ether oxygens (including phenoxy) is 1. The summed E-state index contributed by atoms with van der Waals surface area (Å²) in [5.41, 5.74) is 2.51. The maximum atomic E-state index is 5.38. The molecular formula is C20H30N6O. The van der Waals surface area contributed by atoms with Gasteiger partial charge in [0.15, 0.2) is 5.96 Å². The lowest BCUT2D eigenvalue weighted by Gasteiger charge is -2.26. The molecule has 1 saturated heterocycles. The smallest absolute Gasteiger partial charge is 0.191 e. The normalized spacial score (nSPS) is 15.7. The van der Waals surface area contributed by atoms with Gasteiger partial charge in [-0.1, -0.05) is 24.3 Å². The van der Waals surface area contributed by atoms with Crippen molar-refractivity contribution in [3.8, 4) is 0 Å². The summed E-state index contributed by atoms with van der Waals surface area (Å²) in [6.45, 7) is 9.18. The van der Waals surface area contributed by atoms with Crippen LogP contribution in [0.15, 0.2) is 41.7 Å². The fraction of sp³-hybridized carbons (Fsp3) is 0.500. The molecule has 3 rings (SSSR count). The lowest BCUT2D eigenvalue weighted by Crippen LogP contribution is -2.44. The van der Waals surface area contributed by atoms with E-state index in [2.05, 4.69) is 54.3 Å². The second-order valence-electron chi connectivity index (χ2n) is 6.73. The highest BCUT2D eigenvalue weighted by Crippen LogP contribution is 2.08. The molecule has 2 heterocycles. The molecule has 1 aromatic heterocycles. The molecule has 1 aliphatic rings. The fourth-order valence-corrected chi connectivity index (χ4v) is 3.17. The molecule has 2 aromatic rings. The third-order valence-electron chi connectivity index (χ3n) is 4.78. The van der Waals surface area contributed by atoms with Gasteiger partial charge in [0.05, 0.1) is 13.2 Å². The van der Waals surface area contributed by atoms with Crippen LogP contribution in [0.3, 0.4) is 0 Å². The Balaban J connectivity index is 1.45. The molecule has 0 saturated carbocycles. The summed E-state index contributed by atoms with van der Waals surface area (Å²) in [7, 11) is 1.81. The Morgan fingerprint density at radius 3 is 2.78 bits per heavy atom. The van der Waals surface area contributed by atoms with Gasteiger partial charge >= 0.3 is 0 Å². The maximum absolute atomic E-state index is 5.38. The van der Waals surface area contributed by atoms with E-state index in [-0.39, 0.29) is 0 Å². The predicted molar refractivity (Wildman–Crippen MR) is 108 cm³/mol. The lowest BCUT2D eigenvalue weighted by atomic mass is 10.1. The first kappa shape index (κ1) is 19.4. The van der Waals surface area contributed by atoms with Crippen LogP contribution in [0.2, 0.25) is 0 Å². The molecule has 0 atom stereocenters. The molecule has 0 bridgehead atoms. The van der Waals surface area contributed by atoms with Crippen molar-refractivity contribution in [3.63, 3.8) is 0 Å². The first-order chi connectivity index (χ1) is 13.2. The van der Waals surface area contributed by atoms with Gasteiger partial charge < -0.3 is 19.9 Å². The Bertz CT molecular complexity index is 736. The minimum atomic E-state index is 0.744. The highest BCUT2D eigenvalue weighted by atomic mass is 16.5. The number of hydrogen-bond acceptors (Lipinski definition) is 4. The van der Waals surface area contributed by atoms with Gasteiger partial charge in [-0.2, -0.15) is 0 Å². The minimum Gasteiger partial charge on any atom is -0.379 e. The van der Waals surface area contributed by atoms with Crippen LogP contribution < -0.4 is 10.6 Å². The third-order valence-corrected chi connectivity index (χ3v) is 4.78. The van der Waals surface area contributed by atoms with E-state index in [9.17, 15) is 0 Å². The minimum absolute atomic E-state index is 0.744. The van der Waals surface area contributed by atoms with Gasteiger partial charge in [0.2, 0.25) is 0 Å². The molecule has 7 heteroatoms. The van der Waals surface area contributed by atoms with Crippen LogP contribution in [0.4, 0.5) is 0 Å². The molecule has 2 N–H and O–H groups in total. The zero-order chi connectivity index (χ0) is 18.9. The summed E-state index contributed by atoms with van der Waals surface area (Å²) in [4.78, 5) is 11.0. The number of imidazole rings is 1. The Kier molecular flexibility index (Phi) is 7.24. The van der Waals surface area contributed by atoms with Crippen LogP contribution >= 0.6 is 0 Å². The van der Waals surface area contributed by atoms with E-state index in [1.807, 2.05) is 26.4 Å². The molecule has 1 aliphatic heterocycles. The van der Waals surface area contributed by atoms with Crippen molar-refractivity contribution in [2.24, 2.45) is 4.99 Å². The van der Waals surface area contributed by atoms with Crippen LogP contribution in [-0.4, -0.2) is 66.9 Å². The quantitative estimate of drug-likeness (QED) is 0.567. The Hall–Kier alpha value is -2.38. The van der Waals surface area contributed by atoms with E-state index in [1.54, 1.807) is 0 Å². The molecule has 0 spiro atoms. The van der Waals surface area contributed by atoms with Gasteiger partial charge in [0.1, 0.15) is 5.82 Å². The molecule has 146 valence electrons. The number of aromatic nitrogens is 2. The van der Waals surface area contributed by atoms with Gasteiger partial charge in [-0.25, -0.2) is 4.98 Å². The number of morpholine rings is 1. The van der Waals surface area contributed by atoms with E-state index < -0.39 is 0 Å². The average molecular weight is 371 g/mol. The van der Waals surface area contributed by atoms with Crippen LogP contribution in [0, 0.1) is 6.92 Å². The summed E-state index contributed by atoms with van der Waals surface area (Å²) < 4.78 is 7.53. The van der Waals surface area contributed by atoms with Gasteiger partial charge in [-0.05, 0) is 18.1 Å². The summed E-state index contributed by atoms with van der Waals surface area (Å²) >= 11 is 0. The van der Waals surface area contributed by atoms with E-state index >= 15 is 0 Å². The molecule has 0 amide bonds. The maximum Gasteiger partial charge on any atom is 0.191 e. The molecule has 0 radical (unpaired) electrons. The number of aryl methyl sites for hydroxylation is 1. The number of benzene rings is 1. The first-order valence-electron chi connectivity index (χ1n) is 9.55. The fourth-order valence-electron chi connectivity index (χ4n) is 3.17. The zero-order valence-electron chi connectivity index (χ0n) is 16.3. The van der Waals surface area contributed by atoms with Crippen molar-refractivity contribution in [1.82, 2.24) is 25.1 Å². The molecule has 27 heavy (non-hydrogen) atoms. The zero-order valence-corrected chi connectivity index (χ0v) is 16.3. The second kappa shape index (κ2) is 10.1. The summed E-state index contributed by atoms with van der Waals surface area (Å²) in [6.07, 6.45) is 3.85. The van der Waals surface area contributed by atoms with Gasteiger partial charge in [-0.3, -0.25) is 9.89 Å². The van der Waals surface area contributed by atoms with Crippen LogP contribution in [0.1, 0.15) is 17.0 Å². The van der Waals surface area contributed by atoms with Gasteiger partial charge in [0, 0.05) is 58.7 Å². The summed E-state index contributed by atoms with van der Waals surface area (Å²) in [5, 5.41) is 6.79. The van der Waals surface area contributed by atoms with Crippen molar-refractivity contribution in [2.45, 2.75) is 20.0 Å². The first-order valence-corrected chi connectivity index (χ1v) is 9.55.